The van der Waals surface area contributed by atoms with Crippen molar-refractivity contribution in [2.45, 2.75) is 4.90 Å². The van der Waals surface area contributed by atoms with Crippen LogP contribution in [0.25, 0.3) is 11.0 Å². The number of rotatable bonds is 4. The predicted molar refractivity (Wildman–Crippen MR) is 93.1 cm³/mol. The molecule has 0 aliphatic heterocycles. The number of sulfonamides is 1. The number of nitrogens with one attached hydrogen (secondary N) is 2. The molecule has 1 amide bonds. The molecule has 3 aromatic rings. The largest absolute Gasteiger partial charge is 0.422 e. The van der Waals surface area contributed by atoms with Gasteiger partial charge in [-0.15, -0.1) is 0 Å². The van der Waals surface area contributed by atoms with Crippen molar-refractivity contribution in [1.82, 2.24) is 4.72 Å². The Morgan fingerprint density at radius 2 is 1.72 bits per heavy atom. The molecule has 0 atom stereocenters. The van der Waals surface area contributed by atoms with Crippen LogP contribution in [0.5, 0.6) is 0 Å². The van der Waals surface area contributed by atoms with Crippen LogP contribution >= 0.6 is 0 Å². The lowest BCUT2D eigenvalue weighted by Crippen LogP contribution is -2.21. The average molecular weight is 358 g/mol. The SMILES string of the molecule is CNS(=O)(=O)c1ccc(NC(=O)c2cc3ccccc3oc2=O)cc1. The van der Waals surface area contributed by atoms with E-state index in [4.69, 9.17) is 4.42 Å². The Balaban J connectivity index is 1.88. The van der Waals surface area contributed by atoms with Crippen LogP contribution < -0.4 is 15.7 Å². The van der Waals surface area contributed by atoms with Gasteiger partial charge in [-0.1, -0.05) is 18.2 Å². The van der Waals surface area contributed by atoms with E-state index in [0.717, 1.165) is 0 Å². The lowest BCUT2D eigenvalue weighted by molar-refractivity contribution is 0.102. The van der Waals surface area contributed by atoms with Gasteiger partial charge in [0, 0.05) is 11.1 Å². The topological polar surface area (TPSA) is 105 Å². The number of anilines is 1. The van der Waals surface area contributed by atoms with Crippen LogP contribution in [0.4, 0.5) is 5.69 Å². The molecule has 3 rings (SSSR count). The van der Waals surface area contributed by atoms with Gasteiger partial charge in [-0.2, -0.15) is 0 Å². The summed E-state index contributed by atoms with van der Waals surface area (Å²) in [6.45, 7) is 0. The Bertz CT molecular complexity index is 1100. The fourth-order valence-electron chi connectivity index (χ4n) is 2.25. The molecule has 1 heterocycles. The summed E-state index contributed by atoms with van der Waals surface area (Å²) >= 11 is 0. The fourth-order valence-corrected chi connectivity index (χ4v) is 2.98. The quantitative estimate of drug-likeness (QED) is 0.694. The van der Waals surface area contributed by atoms with Gasteiger partial charge in [0.05, 0.1) is 4.90 Å². The van der Waals surface area contributed by atoms with Crippen LogP contribution in [0.3, 0.4) is 0 Å². The Morgan fingerprint density at radius 1 is 1.04 bits per heavy atom. The Hall–Kier alpha value is -2.97. The minimum absolute atomic E-state index is 0.0678. The smallest absolute Gasteiger partial charge is 0.349 e. The maximum Gasteiger partial charge on any atom is 0.349 e. The predicted octanol–water partition coefficient (Wildman–Crippen LogP) is 1.95. The number of fused-ring (bicyclic) bond motifs is 1. The summed E-state index contributed by atoms with van der Waals surface area (Å²) in [7, 11) is -2.24. The van der Waals surface area contributed by atoms with Crippen LogP contribution in [0.2, 0.25) is 0 Å². The zero-order valence-electron chi connectivity index (χ0n) is 13.1. The van der Waals surface area contributed by atoms with Crippen molar-refractivity contribution in [3.05, 3.63) is 70.6 Å². The molecule has 0 saturated carbocycles. The molecule has 2 aromatic carbocycles. The van der Waals surface area contributed by atoms with E-state index < -0.39 is 21.6 Å². The van der Waals surface area contributed by atoms with Crippen molar-refractivity contribution in [1.29, 1.82) is 0 Å². The van der Waals surface area contributed by atoms with Crippen molar-refractivity contribution >= 4 is 32.6 Å². The van der Waals surface area contributed by atoms with Gasteiger partial charge >= 0.3 is 5.63 Å². The number of para-hydroxylation sites is 1. The zero-order valence-corrected chi connectivity index (χ0v) is 14.0. The fraction of sp³-hybridized carbons (Fsp3) is 0.0588. The first-order valence-electron chi connectivity index (χ1n) is 7.28. The Kier molecular flexibility index (Phi) is 4.39. The number of carbonyl (C=O) groups excluding carboxylic acids is 1. The van der Waals surface area contributed by atoms with Gasteiger partial charge in [0.1, 0.15) is 11.1 Å². The highest BCUT2D eigenvalue weighted by Crippen LogP contribution is 2.16. The zero-order chi connectivity index (χ0) is 18.0. The van der Waals surface area contributed by atoms with Crippen LogP contribution in [-0.4, -0.2) is 21.4 Å². The lowest BCUT2D eigenvalue weighted by atomic mass is 10.1. The van der Waals surface area contributed by atoms with Crippen LogP contribution in [0, 0.1) is 0 Å². The van der Waals surface area contributed by atoms with E-state index in [1.54, 1.807) is 24.3 Å². The monoisotopic (exact) mass is 358 g/mol. The molecule has 25 heavy (non-hydrogen) atoms. The molecule has 0 aliphatic rings. The summed E-state index contributed by atoms with van der Waals surface area (Å²) in [6.07, 6.45) is 0. The first kappa shape index (κ1) is 16.9. The molecule has 1 aromatic heterocycles. The maximum atomic E-state index is 12.3. The standard InChI is InChI=1S/C17H14N2O5S/c1-18-25(22,23)13-8-6-12(7-9-13)19-16(20)14-10-11-4-2-3-5-15(11)24-17(14)21/h2-10,18H,1H3,(H,19,20). The summed E-state index contributed by atoms with van der Waals surface area (Å²) in [4.78, 5) is 24.4. The highest BCUT2D eigenvalue weighted by molar-refractivity contribution is 7.89. The molecular formula is C17H14N2O5S. The van der Waals surface area contributed by atoms with Crippen molar-refractivity contribution in [3.63, 3.8) is 0 Å². The van der Waals surface area contributed by atoms with Crippen LogP contribution in [0.1, 0.15) is 10.4 Å². The highest BCUT2D eigenvalue weighted by Gasteiger charge is 2.15. The molecule has 0 aliphatic carbocycles. The summed E-state index contributed by atoms with van der Waals surface area (Å²) < 4.78 is 30.7. The molecular weight excluding hydrogens is 344 g/mol. The van der Waals surface area contributed by atoms with E-state index in [1.165, 1.54) is 37.4 Å². The molecule has 0 bridgehead atoms. The van der Waals surface area contributed by atoms with E-state index in [2.05, 4.69) is 10.0 Å². The van der Waals surface area contributed by atoms with Crippen molar-refractivity contribution in [2.24, 2.45) is 0 Å². The molecule has 128 valence electrons. The van der Waals surface area contributed by atoms with E-state index in [-0.39, 0.29) is 10.5 Å². The molecule has 8 heteroatoms. The van der Waals surface area contributed by atoms with Gasteiger partial charge < -0.3 is 9.73 Å². The molecule has 0 spiro atoms. The van der Waals surface area contributed by atoms with Gasteiger partial charge in [0.25, 0.3) is 5.91 Å². The molecule has 0 saturated heterocycles. The Labute approximate surface area is 143 Å². The summed E-state index contributed by atoms with van der Waals surface area (Å²) in [5.74, 6) is -0.635. The third-order valence-corrected chi connectivity index (χ3v) is 5.01. The summed E-state index contributed by atoms with van der Waals surface area (Å²) in [6, 6.07) is 13.9. The molecule has 0 radical (unpaired) electrons. The number of hydrogen-bond acceptors (Lipinski definition) is 5. The number of hydrogen-bond donors (Lipinski definition) is 2. The Morgan fingerprint density at radius 3 is 2.40 bits per heavy atom. The second kappa shape index (κ2) is 6.50. The van der Waals surface area contributed by atoms with E-state index in [9.17, 15) is 18.0 Å². The van der Waals surface area contributed by atoms with Crippen molar-refractivity contribution < 1.29 is 17.6 Å². The second-order valence-electron chi connectivity index (χ2n) is 5.17. The van der Waals surface area contributed by atoms with Crippen molar-refractivity contribution in [3.8, 4) is 0 Å². The molecule has 0 unspecified atom stereocenters. The van der Waals surface area contributed by atoms with E-state index in [0.29, 0.717) is 16.7 Å². The summed E-state index contributed by atoms with van der Waals surface area (Å²) in [5, 5.41) is 3.17. The van der Waals surface area contributed by atoms with Crippen LogP contribution in [0.15, 0.2) is 68.7 Å². The molecule has 7 nitrogen and oxygen atoms in total. The normalized spacial score (nSPS) is 11.4. The minimum atomic E-state index is -3.55. The van der Waals surface area contributed by atoms with Gasteiger partial charge in [-0.25, -0.2) is 17.9 Å². The molecule has 2 N–H and O–H groups in total. The van der Waals surface area contributed by atoms with E-state index in [1.807, 2.05) is 0 Å². The van der Waals surface area contributed by atoms with Gasteiger partial charge in [0.2, 0.25) is 10.0 Å². The maximum absolute atomic E-state index is 12.3. The van der Waals surface area contributed by atoms with Crippen LogP contribution in [-0.2, 0) is 10.0 Å². The third-order valence-electron chi connectivity index (χ3n) is 3.58. The first-order valence-corrected chi connectivity index (χ1v) is 8.77. The van der Waals surface area contributed by atoms with E-state index >= 15 is 0 Å². The summed E-state index contributed by atoms with van der Waals surface area (Å²) in [5.41, 5.74) is -0.130. The minimum Gasteiger partial charge on any atom is -0.422 e. The average Bonchev–Trinajstić information content (AvgIpc) is 2.61. The number of amides is 1. The van der Waals surface area contributed by atoms with Gasteiger partial charge in [-0.3, -0.25) is 4.79 Å². The van der Waals surface area contributed by atoms with Gasteiger partial charge in [0.15, 0.2) is 0 Å². The van der Waals surface area contributed by atoms with Crippen molar-refractivity contribution in [2.75, 3.05) is 12.4 Å². The highest BCUT2D eigenvalue weighted by atomic mass is 32.2. The first-order chi connectivity index (χ1) is 11.9. The molecule has 0 fully saturated rings. The third kappa shape index (κ3) is 3.44. The lowest BCUT2D eigenvalue weighted by Gasteiger charge is -2.07. The number of carbonyl (C=O) groups is 1. The van der Waals surface area contributed by atoms with Gasteiger partial charge in [-0.05, 0) is 43.4 Å². The number of benzene rings is 2. The second-order valence-corrected chi connectivity index (χ2v) is 7.06.